The molecule has 2 fully saturated rings. The first kappa shape index (κ1) is 22.0. The van der Waals surface area contributed by atoms with Crippen LogP contribution in [0.4, 0.5) is 0 Å². The molecule has 0 spiro atoms. The van der Waals surface area contributed by atoms with Gasteiger partial charge in [-0.15, -0.1) is 0 Å². The van der Waals surface area contributed by atoms with Gasteiger partial charge in [0.25, 0.3) is 5.91 Å². The molecule has 3 heterocycles. The molecule has 4 rings (SSSR count). The molecule has 2 aromatic rings. The molecule has 31 heavy (non-hydrogen) atoms. The van der Waals surface area contributed by atoms with Gasteiger partial charge in [0.15, 0.2) is 5.82 Å². The number of carbonyl (C=O) groups excluding carboxylic acids is 1. The number of nitrogens with zero attached hydrogens (tertiary/aromatic N) is 4. The van der Waals surface area contributed by atoms with Gasteiger partial charge < -0.3 is 9.42 Å². The lowest BCUT2D eigenvalue weighted by Crippen LogP contribution is -2.47. The summed E-state index contributed by atoms with van der Waals surface area (Å²) >= 11 is 0. The van der Waals surface area contributed by atoms with E-state index < -0.39 is 0 Å². The lowest BCUT2D eigenvalue weighted by Gasteiger charge is -2.40. The predicted molar refractivity (Wildman–Crippen MR) is 121 cm³/mol. The fourth-order valence-corrected chi connectivity index (χ4v) is 5.11. The maximum absolute atomic E-state index is 13.3. The van der Waals surface area contributed by atoms with E-state index in [0.29, 0.717) is 17.9 Å². The van der Waals surface area contributed by atoms with Gasteiger partial charge in [-0.25, -0.2) is 0 Å². The molecule has 6 nitrogen and oxygen atoms in total. The Morgan fingerprint density at radius 1 is 1.06 bits per heavy atom. The van der Waals surface area contributed by atoms with E-state index in [9.17, 15) is 4.79 Å². The van der Waals surface area contributed by atoms with Gasteiger partial charge in [0.2, 0.25) is 5.89 Å². The zero-order valence-corrected chi connectivity index (χ0v) is 19.0. The van der Waals surface area contributed by atoms with Crippen LogP contribution >= 0.6 is 0 Å². The summed E-state index contributed by atoms with van der Waals surface area (Å²) in [6.45, 7) is 8.00. The van der Waals surface area contributed by atoms with E-state index in [1.807, 2.05) is 30.3 Å². The van der Waals surface area contributed by atoms with E-state index in [4.69, 9.17) is 4.52 Å². The van der Waals surface area contributed by atoms with Gasteiger partial charge in [0.1, 0.15) is 0 Å². The van der Waals surface area contributed by atoms with E-state index in [0.717, 1.165) is 75.6 Å². The molecule has 6 heteroatoms. The molecule has 1 aromatic carbocycles. The van der Waals surface area contributed by atoms with Crippen LogP contribution in [-0.2, 0) is 13.0 Å². The van der Waals surface area contributed by atoms with Gasteiger partial charge in [0.05, 0.1) is 6.54 Å². The molecule has 2 saturated heterocycles. The highest BCUT2D eigenvalue weighted by Gasteiger charge is 2.34. The van der Waals surface area contributed by atoms with Gasteiger partial charge in [-0.3, -0.25) is 9.69 Å². The Bertz CT molecular complexity index is 827. The number of benzene rings is 1. The quantitative estimate of drug-likeness (QED) is 0.680. The molecule has 2 aliphatic rings. The van der Waals surface area contributed by atoms with E-state index in [1.165, 1.54) is 12.8 Å². The summed E-state index contributed by atoms with van der Waals surface area (Å²) in [4.78, 5) is 22.5. The number of rotatable bonds is 6. The van der Waals surface area contributed by atoms with Crippen molar-refractivity contribution in [1.29, 1.82) is 0 Å². The van der Waals surface area contributed by atoms with Crippen molar-refractivity contribution in [3.05, 3.63) is 47.6 Å². The maximum Gasteiger partial charge on any atom is 0.254 e. The number of amides is 1. The first-order chi connectivity index (χ1) is 15.1. The summed E-state index contributed by atoms with van der Waals surface area (Å²) in [5.74, 6) is 2.85. The van der Waals surface area contributed by atoms with E-state index in [2.05, 4.69) is 33.8 Å². The van der Waals surface area contributed by atoms with Crippen molar-refractivity contribution in [1.82, 2.24) is 19.9 Å². The van der Waals surface area contributed by atoms with Crippen molar-refractivity contribution < 1.29 is 9.32 Å². The van der Waals surface area contributed by atoms with Crippen LogP contribution in [0.15, 0.2) is 34.9 Å². The minimum absolute atomic E-state index is 0.207. The first-order valence-corrected chi connectivity index (χ1v) is 12.0. The molecule has 0 N–H and O–H groups in total. The highest BCUT2D eigenvalue weighted by molar-refractivity contribution is 5.94. The molecule has 0 aliphatic carbocycles. The fraction of sp³-hybridized carbons (Fsp3) is 0.640. The van der Waals surface area contributed by atoms with Crippen LogP contribution < -0.4 is 0 Å². The van der Waals surface area contributed by atoms with Gasteiger partial charge in [0, 0.05) is 24.6 Å². The predicted octanol–water partition coefficient (Wildman–Crippen LogP) is 4.57. The largest absolute Gasteiger partial charge is 0.338 e. The van der Waals surface area contributed by atoms with Crippen LogP contribution in [0.2, 0.25) is 0 Å². The third kappa shape index (κ3) is 5.73. The molecule has 0 saturated carbocycles. The average Bonchev–Trinajstić information content (AvgIpc) is 3.06. The summed E-state index contributed by atoms with van der Waals surface area (Å²) < 4.78 is 5.47. The van der Waals surface area contributed by atoms with Crippen LogP contribution in [0.25, 0.3) is 0 Å². The molecule has 0 bridgehead atoms. The Labute approximate surface area is 186 Å². The molecule has 168 valence electrons. The van der Waals surface area contributed by atoms with Gasteiger partial charge in [-0.05, 0) is 62.7 Å². The Hall–Kier alpha value is -2.21. The topological polar surface area (TPSA) is 62.5 Å². The zero-order valence-electron chi connectivity index (χ0n) is 19.0. The number of piperidine rings is 1. The van der Waals surface area contributed by atoms with Crippen LogP contribution in [0.5, 0.6) is 0 Å². The van der Waals surface area contributed by atoms with Crippen molar-refractivity contribution in [3.8, 4) is 0 Å². The molecule has 1 amide bonds. The van der Waals surface area contributed by atoms with Crippen LogP contribution in [0.1, 0.15) is 74.4 Å². The SMILES string of the molecule is CC(C)Cc1noc(CN2CCC([C@H]3CCCCCN3C(=O)c3ccccc3)CC2)n1. The number of likely N-dealkylation sites (tertiary alicyclic amines) is 2. The van der Waals surface area contributed by atoms with Gasteiger partial charge >= 0.3 is 0 Å². The number of carbonyl (C=O) groups is 1. The molecular weight excluding hydrogens is 388 g/mol. The smallest absolute Gasteiger partial charge is 0.254 e. The third-order valence-electron chi connectivity index (χ3n) is 6.72. The second-order valence-electron chi connectivity index (χ2n) is 9.60. The average molecular weight is 425 g/mol. The Balaban J connectivity index is 1.35. The summed E-state index contributed by atoms with van der Waals surface area (Å²) in [6.07, 6.45) is 7.80. The number of aromatic nitrogens is 2. The van der Waals surface area contributed by atoms with Crippen molar-refractivity contribution in [2.45, 2.75) is 71.4 Å². The summed E-state index contributed by atoms with van der Waals surface area (Å²) in [5.41, 5.74) is 0.820. The van der Waals surface area contributed by atoms with Gasteiger partial charge in [-0.1, -0.05) is 50.0 Å². The van der Waals surface area contributed by atoms with Crippen molar-refractivity contribution in [2.24, 2.45) is 11.8 Å². The molecule has 1 aromatic heterocycles. The Kier molecular flexibility index (Phi) is 7.38. The molecule has 1 atom stereocenters. The van der Waals surface area contributed by atoms with Crippen molar-refractivity contribution in [3.63, 3.8) is 0 Å². The van der Waals surface area contributed by atoms with E-state index in [-0.39, 0.29) is 5.91 Å². The minimum Gasteiger partial charge on any atom is -0.338 e. The normalized spacial score (nSPS) is 21.4. The highest BCUT2D eigenvalue weighted by Crippen LogP contribution is 2.31. The third-order valence-corrected chi connectivity index (χ3v) is 6.72. The number of hydrogen-bond donors (Lipinski definition) is 0. The second kappa shape index (κ2) is 10.4. The Morgan fingerprint density at radius 2 is 1.84 bits per heavy atom. The second-order valence-corrected chi connectivity index (χ2v) is 9.60. The lowest BCUT2D eigenvalue weighted by molar-refractivity contribution is 0.0506. The van der Waals surface area contributed by atoms with Crippen LogP contribution in [-0.4, -0.2) is 51.5 Å². The van der Waals surface area contributed by atoms with Crippen molar-refractivity contribution >= 4 is 5.91 Å². The van der Waals surface area contributed by atoms with Gasteiger partial charge in [-0.2, -0.15) is 4.98 Å². The molecule has 0 radical (unpaired) electrons. The van der Waals surface area contributed by atoms with Crippen LogP contribution in [0.3, 0.4) is 0 Å². The summed E-state index contributed by atoms with van der Waals surface area (Å²) in [6, 6.07) is 10.2. The van der Waals surface area contributed by atoms with Crippen LogP contribution in [0, 0.1) is 11.8 Å². The van der Waals surface area contributed by atoms with Crippen molar-refractivity contribution in [2.75, 3.05) is 19.6 Å². The highest BCUT2D eigenvalue weighted by atomic mass is 16.5. The summed E-state index contributed by atoms with van der Waals surface area (Å²) in [7, 11) is 0. The number of hydrogen-bond acceptors (Lipinski definition) is 5. The Morgan fingerprint density at radius 3 is 2.58 bits per heavy atom. The molecule has 2 aliphatic heterocycles. The molecular formula is C25H36N4O2. The standard InChI is InChI=1S/C25H36N4O2/c1-19(2)17-23-26-24(31-27-23)18-28-15-12-20(13-16-28)22-11-7-4-8-14-29(22)25(30)21-9-5-3-6-10-21/h3,5-6,9-10,19-20,22H,4,7-8,11-18H2,1-2H3/t22-/m1/s1. The minimum atomic E-state index is 0.207. The molecule has 0 unspecified atom stereocenters. The first-order valence-electron chi connectivity index (χ1n) is 12.0. The maximum atomic E-state index is 13.3. The van der Waals surface area contributed by atoms with E-state index in [1.54, 1.807) is 0 Å². The zero-order chi connectivity index (χ0) is 21.6. The lowest BCUT2D eigenvalue weighted by atomic mass is 9.86. The van der Waals surface area contributed by atoms with E-state index >= 15 is 0 Å². The monoisotopic (exact) mass is 424 g/mol. The fourth-order valence-electron chi connectivity index (χ4n) is 5.11. The summed E-state index contributed by atoms with van der Waals surface area (Å²) in [5, 5.41) is 4.12.